The van der Waals surface area contributed by atoms with Gasteiger partial charge in [-0.2, -0.15) is 13.2 Å². The standard InChI is InChI=1S/C13H19F3N2O/c1-10-2-3-12(19-10)11(4-5-13(14,15)16)18-8-6-17-7-9-18/h2-3,11,17H,4-9H2,1H3/t11-/m1/s1. The summed E-state index contributed by atoms with van der Waals surface area (Å²) in [5.74, 6) is 1.38. The van der Waals surface area contributed by atoms with Crippen molar-refractivity contribution in [1.82, 2.24) is 10.2 Å². The van der Waals surface area contributed by atoms with Crippen LogP contribution in [0, 0.1) is 6.92 Å². The molecule has 108 valence electrons. The second-order valence-electron chi connectivity index (χ2n) is 4.90. The van der Waals surface area contributed by atoms with Gasteiger partial charge in [0.1, 0.15) is 11.5 Å². The van der Waals surface area contributed by atoms with Gasteiger partial charge in [-0.1, -0.05) is 0 Å². The maximum Gasteiger partial charge on any atom is 0.389 e. The minimum absolute atomic E-state index is 0.0520. The van der Waals surface area contributed by atoms with Crippen LogP contribution in [-0.2, 0) is 0 Å². The van der Waals surface area contributed by atoms with E-state index >= 15 is 0 Å². The van der Waals surface area contributed by atoms with Crippen LogP contribution in [-0.4, -0.2) is 37.3 Å². The largest absolute Gasteiger partial charge is 0.465 e. The maximum absolute atomic E-state index is 12.4. The molecule has 6 heteroatoms. The van der Waals surface area contributed by atoms with Gasteiger partial charge in [-0.15, -0.1) is 0 Å². The molecular weight excluding hydrogens is 257 g/mol. The summed E-state index contributed by atoms with van der Waals surface area (Å²) in [6, 6.07) is 3.31. The molecule has 0 amide bonds. The molecule has 2 rings (SSSR count). The van der Waals surface area contributed by atoms with Gasteiger partial charge in [0, 0.05) is 32.6 Å². The van der Waals surface area contributed by atoms with Crippen LogP contribution in [0.2, 0.25) is 0 Å². The first-order chi connectivity index (χ1) is 8.96. The van der Waals surface area contributed by atoms with E-state index in [0.717, 1.165) is 31.9 Å². The minimum atomic E-state index is -4.12. The minimum Gasteiger partial charge on any atom is -0.465 e. The lowest BCUT2D eigenvalue weighted by molar-refractivity contribution is -0.138. The quantitative estimate of drug-likeness (QED) is 0.916. The first kappa shape index (κ1) is 14.4. The number of rotatable bonds is 4. The molecule has 3 nitrogen and oxygen atoms in total. The van der Waals surface area contributed by atoms with E-state index in [1.165, 1.54) is 0 Å². The van der Waals surface area contributed by atoms with Crippen molar-refractivity contribution in [2.24, 2.45) is 0 Å². The van der Waals surface area contributed by atoms with Crippen LogP contribution in [0.25, 0.3) is 0 Å². The second kappa shape index (κ2) is 5.96. The number of furan rings is 1. The Bertz CT molecular complexity index is 397. The van der Waals surface area contributed by atoms with Gasteiger partial charge in [0.05, 0.1) is 6.04 Å². The van der Waals surface area contributed by atoms with Crippen molar-refractivity contribution in [3.8, 4) is 0 Å². The lowest BCUT2D eigenvalue weighted by atomic mass is 10.1. The molecule has 0 unspecified atom stereocenters. The molecule has 1 aliphatic heterocycles. The molecule has 0 saturated carbocycles. The van der Waals surface area contributed by atoms with Crippen molar-refractivity contribution in [2.45, 2.75) is 32.0 Å². The molecule has 2 heterocycles. The molecule has 0 radical (unpaired) electrons. The first-order valence-corrected chi connectivity index (χ1v) is 6.53. The molecule has 0 spiro atoms. The SMILES string of the molecule is Cc1ccc([C@@H](CCC(F)(F)F)N2CCNCC2)o1. The fourth-order valence-electron chi connectivity index (χ4n) is 2.43. The number of piperazine rings is 1. The fourth-order valence-corrected chi connectivity index (χ4v) is 2.43. The summed E-state index contributed by atoms with van der Waals surface area (Å²) in [5, 5.41) is 3.20. The molecule has 1 saturated heterocycles. The van der Waals surface area contributed by atoms with Crippen molar-refractivity contribution in [2.75, 3.05) is 26.2 Å². The second-order valence-corrected chi connectivity index (χ2v) is 4.90. The summed E-state index contributed by atoms with van der Waals surface area (Å²) in [6.45, 7) is 4.93. The van der Waals surface area contributed by atoms with Crippen LogP contribution in [0.1, 0.15) is 30.4 Å². The summed E-state index contributed by atoms with van der Waals surface area (Å²) >= 11 is 0. The molecule has 1 fully saturated rings. The van der Waals surface area contributed by atoms with E-state index in [4.69, 9.17) is 4.42 Å². The molecule has 0 bridgehead atoms. The molecule has 0 aliphatic carbocycles. The highest BCUT2D eigenvalue weighted by molar-refractivity contribution is 5.10. The summed E-state index contributed by atoms with van der Waals surface area (Å²) in [4.78, 5) is 2.07. The van der Waals surface area contributed by atoms with E-state index in [-0.39, 0.29) is 12.5 Å². The summed E-state index contributed by atoms with van der Waals surface area (Å²) in [6.07, 6.45) is -4.84. The lowest BCUT2D eigenvalue weighted by Gasteiger charge is -2.34. The lowest BCUT2D eigenvalue weighted by Crippen LogP contribution is -2.45. The summed E-state index contributed by atoms with van der Waals surface area (Å²) in [5.41, 5.74) is 0. The topological polar surface area (TPSA) is 28.4 Å². The van der Waals surface area contributed by atoms with Crippen molar-refractivity contribution in [3.05, 3.63) is 23.7 Å². The van der Waals surface area contributed by atoms with Crippen molar-refractivity contribution in [1.29, 1.82) is 0 Å². The highest BCUT2D eigenvalue weighted by Crippen LogP contribution is 2.32. The van der Waals surface area contributed by atoms with Gasteiger partial charge in [-0.05, 0) is 25.5 Å². The Morgan fingerprint density at radius 1 is 1.32 bits per heavy atom. The maximum atomic E-state index is 12.4. The molecule has 0 aromatic carbocycles. The van der Waals surface area contributed by atoms with Crippen LogP contribution in [0.5, 0.6) is 0 Å². The van der Waals surface area contributed by atoms with Gasteiger partial charge >= 0.3 is 6.18 Å². The van der Waals surface area contributed by atoms with Gasteiger partial charge in [0.2, 0.25) is 0 Å². The third kappa shape index (κ3) is 4.24. The Morgan fingerprint density at radius 3 is 2.53 bits per heavy atom. The molecule has 1 atom stereocenters. The molecular formula is C13H19F3N2O. The van der Waals surface area contributed by atoms with Crippen LogP contribution in [0.4, 0.5) is 13.2 Å². The van der Waals surface area contributed by atoms with Crippen LogP contribution < -0.4 is 5.32 Å². The Kier molecular flexibility index (Phi) is 4.52. The average Bonchev–Trinajstić information content (AvgIpc) is 2.76. The predicted octanol–water partition coefficient (Wildman–Crippen LogP) is 2.88. The Balaban J connectivity index is 2.08. The Morgan fingerprint density at radius 2 is 2.00 bits per heavy atom. The van der Waals surface area contributed by atoms with Crippen molar-refractivity contribution in [3.63, 3.8) is 0 Å². The number of aryl methyl sites for hydroxylation is 1. The van der Waals surface area contributed by atoms with Gasteiger partial charge < -0.3 is 9.73 Å². The number of halogens is 3. The number of hydrogen-bond acceptors (Lipinski definition) is 3. The van der Waals surface area contributed by atoms with E-state index in [2.05, 4.69) is 10.2 Å². The third-order valence-electron chi connectivity index (χ3n) is 3.38. The van der Waals surface area contributed by atoms with Crippen LogP contribution >= 0.6 is 0 Å². The number of alkyl halides is 3. The van der Waals surface area contributed by atoms with Gasteiger partial charge in [0.25, 0.3) is 0 Å². The summed E-state index contributed by atoms with van der Waals surface area (Å²) in [7, 11) is 0. The molecule has 1 aliphatic rings. The van der Waals surface area contributed by atoms with E-state index in [0.29, 0.717) is 5.76 Å². The van der Waals surface area contributed by atoms with Gasteiger partial charge in [-0.3, -0.25) is 4.90 Å². The Hall–Kier alpha value is -1.01. The van der Waals surface area contributed by atoms with Crippen molar-refractivity contribution < 1.29 is 17.6 Å². The van der Waals surface area contributed by atoms with Crippen LogP contribution in [0.3, 0.4) is 0 Å². The Labute approximate surface area is 110 Å². The van der Waals surface area contributed by atoms with Gasteiger partial charge in [0.15, 0.2) is 0 Å². The molecule has 1 aromatic heterocycles. The van der Waals surface area contributed by atoms with Gasteiger partial charge in [-0.25, -0.2) is 0 Å². The highest BCUT2D eigenvalue weighted by atomic mass is 19.4. The normalized spacial score (nSPS) is 19.6. The third-order valence-corrected chi connectivity index (χ3v) is 3.38. The zero-order valence-electron chi connectivity index (χ0n) is 11.0. The van der Waals surface area contributed by atoms with E-state index in [1.54, 1.807) is 12.1 Å². The smallest absolute Gasteiger partial charge is 0.389 e. The molecule has 19 heavy (non-hydrogen) atoms. The highest BCUT2D eigenvalue weighted by Gasteiger charge is 2.32. The van der Waals surface area contributed by atoms with Crippen LogP contribution in [0.15, 0.2) is 16.5 Å². The van der Waals surface area contributed by atoms with Crippen molar-refractivity contribution >= 4 is 0 Å². The zero-order chi connectivity index (χ0) is 13.9. The summed E-state index contributed by atoms with van der Waals surface area (Å²) < 4.78 is 42.9. The molecule has 1 aromatic rings. The fraction of sp³-hybridized carbons (Fsp3) is 0.692. The molecule has 1 N–H and O–H groups in total. The average molecular weight is 276 g/mol. The number of nitrogens with one attached hydrogen (secondary N) is 1. The van der Waals surface area contributed by atoms with E-state index in [9.17, 15) is 13.2 Å². The van der Waals surface area contributed by atoms with E-state index in [1.807, 2.05) is 6.92 Å². The number of nitrogens with zero attached hydrogens (tertiary/aromatic N) is 1. The van der Waals surface area contributed by atoms with E-state index < -0.39 is 12.6 Å². The predicted molar refractivity (Wildman–Crippen MR) is 65.9 cm³/mol. The zero-order valence-corrected chi connectivity index (χ0v) is 11.0. The monoisotopic (exact) mass is 276 g/mol. The first-order valence-electron chi connectivity index (χ1n) is 6.53. The number of hydrogen-bond donors (Lipinski definition) is 1.